The Morgan fingerprint density at radius 1 is 1.56 bits per heavy atom. The van der Waals surface area contributed by atoms with E-state index in [9.17, 15) is 0 Å². The van der Waals surface area contributed by atoms with Gasteiger partial charge in [0.05, 0.1) is 22.0 Å². The third-order valence-corrected chi connectivity index (χ3v) is 4.78. The van der Waals surface area contributed by atoms with Crippen molar-refractivity contribution < 1.29 is 4.74 Å². The van der Waals surface area contributed by atoms with E-state index in [-0.39, 0.29) is 0 Å². The van der Waals surface area contributed by atoms with Gasteiger partial charge in [0.2, 0.25) is 0 Å². The number of nitrogens with one attached hydrogen (secondary N) is 1. The van der Waals surface area contributed by atoms with Crippen molar-refractivity contribution in [1.29, 1.82) is 0 Å². The molecule has 1 fully saturated rings. The van der Waals surface area contributed by atoms with Crippen molar-refractivity contribution in [2.75, 3.05) is 7.05 Å². The van der Waals surface area contributed by atoms with E-state index in [1.54, 1.807) is 11.3 Å². The summed E-state index contributed by atoms with van der Waals surface area (Å²) in [5.41, 5.74) is 1.37. The molecule has 0 radical (unpaired) electrons. The Balaban J connectivity index is 2.19. The van der Waals surface area contributed by atoms with Gasteiger partial charge in [0, 0.05) is 4.88 Å². The minimum atomic E-state index is 0.320. The van der Waals surface area contributed by atoms with Crippen LogP contribution in [0.25, 0.3) is 0 Å². The molecule has 2 heterocycles. The topological polar surface area (TPSA) is 21.3 Å². The van der Waals surface area contributed by atoms with Gasteiger partial charge in [-0.15, -0.1) is 11.3 Å². The van der Waals surface area contributed by atoms with Gasteiger partial charge in [0.25, 0.3) is 0 Å². The van der Waals surface area contributed by atoms with E-state index in [2.05, 4.69) is 41.2 Å². The smallest absolute Gasteiger partial charge is 0.0774 e. The molecule has 0 amide bonds. The van der Waals surface area contributed by atoms with Crippen molar-refractivity contribution in [2.24, 2.45) is 0 Å². The SMILES string of the molecule is CNC(c1cc(Br)sc1C)C1CCC(C)O1. The third kappa shape index (κ3) is 2.50. The van der Waals surface area contributed by atoms with E-state index < -0.39 is 0 Å². The van der Waals surface area contributed by atoms with Crippen LogP contribution < -0.4 is 5.32 Å². The molecule has 1 aromatic heterocycles. The maximum Gasteiger partial charge on any atom is 0.0774 e. The number of halogens is 1. The molecule has 90 valence electrons. The fraction of sp³-hybridized carbons (Fsp3) is 0.667. The van der Waals surface area contributed by atoms with Gasteiger partial charge < -0.3 is 10.1 Å². The average molecular weight is 304 g/mol. The van der Waals surface area contributed by atoms with Crippen LogP contribution >= 0.6 is 27.3 Å². The molecule has 4 heteroatoms. The fourth-order valence-corrected chi connectivity index (χ4v) is 4.14. The van der Waals surface area contributed by atoms with Crippen LogP contribution in [-0.4, -0.2) is 19.3 Å². The number of hydrogen-bond acceptors (Lipinski definition) is 3. The van der Waals surface area contributed by atoms with Crippen LogP contribution in [0.5, 0.6) is 0 Å². The molecule has 1 aromatic rings. The van der Waals surface area contributed by atoms with E-state index in [1.165, 1.54) is 20.6 Å². The number of likely N-dealkylation sites (N-methyl/N-ethyl adjacent to an activating group) is 1. The molecular weight excluding hydrogens is 286 g/mol. The minimum absolute atomic E-state index is 0.320. The summed E-state index contributed by atoms with van der Waals surface area (Å²) in [6.45, 7) is 4.33. The molecule has 0 saturated carbocycles. The summed E-state index contributed by atoms with van der Waals surface area (Å²) in [6.07, 6.45) is 3.05. The summed E-state index contributed by atoms with van der Waals surface area (Å²) < 4.78 is 7.16. The number of thiophene rings is 1. The van der Waals surface area contributed by atoms with E-state index in [1.807, 2.05) is 7.05 Å². The Kier molecular flexibility index (Phi) is 4.06. The molecule has 3 atom stereocenters. The Morgan fingerprint density at radius 3 is 2.75 bits per heavy atom. The molecule has 0 aliphatic carbocycles. The molecular formula is C12H18BrNOS. The number of rotatable bonds is 3. The van der Waals surface area contributed by atoms with Gasteiger partial charge in [-0.05, 0) is 61.3 Å². The lowest BCUT2D eigenvalue weighted by molar-refractivity contribution is 0.0333. The van der Waals surface area contributed by atoms with Crippen LogP contribution in [0.3, 0.4) is 0 Å². The zero-order chi connectivity index (χ0) is 11.7. The van der Waals surface area contributed by atoms with E-state index in [4.69, 9.17) is 4.74 Å². The maximum atomic E-state index is 5.96. The second-order valence-corrected chi connectivity index (χ2v) is 7.03. The van der Waals surface area contributed by atoms with Crippen LogP contribution in [0.15, 0.2) is 9.85 Å². The van der Waals surface area contributed by atoms with Gasteiger partial charge in [-0.2, -0.15) is 0 Å². The zero-order valence-electron chi connectivity index (χ0n) is 9.92. The van der Waals surface area contributed by atoms with Crippen molar-refractivity contribution in [3.63, 3.8) is 0 Å². The number of hydrogen-bond donors (Lipinski definition) is 1. The third-order valence-electron chi connectivity index (χ3n) is 3.21. The van der Waals surface area contributed by atoms with Crippen molar-refractivity contribution >= 4 is 27.3 Å². The molecule has 1 aliphatic rings. The van der Waals surface area contributed by atoms with E-state index >= 15 is 0 Å². The monoisotopic (exact) mass is 303 g/mol. The van der Waals surface area contributed by atoms with E-state index in [0.717, 1.165) is 6.42 Å². The van der Waals surface area contributed by atoms with Crippen molar-refractivity contribution in [3.05, 3.63) is 20.3 Å². The van der Waals surface area contributed by atoms with Crippen molar-refractivity contribution in [2.45, 2.75) is 44.9 Å². The van der Waals surface area contributed by atoms with Crippen LogP contribution in [0.1, 0.15) is 36.2 Å². The predicted molar refractivity (Wildman–Crippen MR) is 72.1 cm³/mol. The Hall–Kier alpha value is 0.1000. The lowest BCUT2D eigenvalue weighted by Gasteiger charge is -2.23. The Labute approximate surface area is 110 Å². The summed E-state index contributed by atoms with van der Waals surface area (Å²) in [6, 6.07) is 2.54. The van der Waals surface area contributed by atoms with Gasteiger partial charge in [-0.3, -0.25) is 0 Å². The van der Waals surface area contributed by atoms with Gasteiger partial charge in [0.15, 0.2) is 0 Å². The average Bonchev–Trinajstić information content (AvgIpc) is 2.76. The molecule has 0 bridgehead atoms. The summed E-state index contributed by atoms with van der Waals surface area (Å²) in [7, 11) is 2.02. The fourth-order valence-electron chi connectivity index (χ4n) is 2.39. The minimum Gasteiger partial charge on any atom is -0.373 e. The molecule has 1 aliphatic heterocycles. The molecule has 0 aromatic carbocycles. The quantitative estimate of drug-likeness (QED) is 0.920. The summed E-state index contributed by atoms with van der Waals surface area (Å²) in [5.74, 6) is 0. The summed E-state index contributed by atoms with van der Waals surface area (Å²) in [4.78, 5) is 1.37. The highest BCUT2D eigenvalue weighted by Crippen LogP contribution is 2.36. The van der Waals surface area contributed by atoms with Gasteiger partial charge in [-0.1, -0.05) is 0 Å². The van der Waals surface area contributed by atoms with Gasteiger partial charge in [0.1, 0.15) is 0 Å². The molecule has 0 spiro atoms. The van der Waals surface area contributed by atoms with Crippen molar-refractivity contribution in [3.8, 4) is 0 Å². The Bertz CT molecular complexity index is 366. The molecule has 1 saturated heterocycles. The maximum absolute atomic E-state index is 5.96. The lowest BCUT2D eigenvalue weighted by atomic mass is 10.0. The van der Waals surface area contributed by atoms with Crippen LogP contribution in [0.2, 0.25) is 0 Å². The highest BCUT2D eigenvalue weighted by Gasteiger charge is 2.31. The largest absolute Gasteiger partial charge is 0.373 e. The van der Waals surface area contributed by atoms with Crippen LogP contribution in [0, 0.1) is 6.92 Å². The molecule has 3 unspecified atom stereocenters. The summed E-state index contributed by atoms with van der Waals surface area (Å²) >= 11 is 5.34. The predicted octanol–water partition coefficient (Wildman–Crippen LogP) is 3.65. The highest BCUT2D eigenvalue weighted by atomic mass is 79.9. The van der Waals surface area contributed by atoms with Gasteiger partial charge >= 0.3 is 0 Å². The second-order valence-electron chi connectivity index (χ2n) is 4.39. The Morgan fingerprint density at radius 2 is 2.31 bits per heavy atom. The van der Waals surface area contributed by atoms with Gasteiger partial charge in [-0.25, -0.2) is 0 Å². The second kappa shape index (κ2) is 5.17. The first-order valence-electron chi connectivity index (χ1n) is 5.70. The number of aryl methyl sites for hydroxylation is 1. The summed E-state index contributed by atoms with van der Waals surface area (Å²) in [5, 5.41) is 3.40. The first-order chi connectivity index (χ1) is 7.61. The normalized spacial score (nSPS) is 27.2. The van der Waals surface area contributed by atoms with E-state index in [0.29, 0.717) is 18.2 Å². The first-order valence-corrected chi connectivity index (χ1v) is 7.31. The van der Waals surface area contributed by atoms with Crippen LogP contribution in [-0.2, 0) is 4.74 Å². The molecule has 2 nitrogen and oxygen atoms in total. The molecule has 2 rings (SSSR count). The van der Waals surface area contributed by atoms with Crippen LogP contribution in [0.4, 0.5) is 0 Å². The lowest BCUT2D eigenvalue weighted by Crippen LogP contribution is -2.29. The molecule has 1 N–H and O–H groups in total. The first kappa shape index (κ1) is 12.6. The number of ether oxygens (including phenoxy) is 1. The highest BCUT2D eigenvalue weighted by molar-refractivity contribution is 9.11. The zero-order valence-corrected chi connectivity index (χ0v) is 12.3. The van der Waals surface area contributed by atoms with Crippen molar-refractivity contribution in [1.82, 2.24) is 5.32 Å². The standard InChI is InChI=1S/C12H18BrNOS/c1-7-4-5-10(15-7)12(14-3)9-6-11(13)16-8(9)2/h6-7,10,12,14H,4-5H2,1-3H3. The molecule has 16 heavy (non-hydrogen) atoms.